The summed E-state index contributed by atoms with van der Waals surface area (Å²) in [6, 6.07) is 6.28. The van der Waals surface area contributed by atoms with Gasteiger partial charge in [-0.15, -0.1) is 0 Å². The Hall–Kier alpha value is -2.66. The van der Waals surface area contributed by atoms with Crippen molar-refractivity contribution in [2.75, 3.05) is 5.32 Å². The van der Waals surface area contributed by atoms with Crippen LogP contribution in [0.4, 0.5) is 19.0 Å². The zero-order chi connectivity index (χ0) is 19.5. The number of anilines is 1. The van der Waals surface area contributed by atoms with E-state index < -0.39 is 31.5 Å². The highest BCUT2D eigenvalue weighted by atomic mass is 35.5. The van der Waals surface area contributed by atoms with E-state index in [1.165, 1.54) is 12.1 Å². The first-order valence-corrected chi connectivity index (χ1v) is 8.53. The summed E-state index contributed by atoms with van der Waals surface area (Å²) in [6.07, 6.45) is -3.54. The summed E-state index contributed by atoms with van der Waals surface area (Å²) < 4.78 is 62.0. The van der Waals surface area contributed by atoms with Crippen molar-refractivity contribution in [3.63, 3.8) is 0 Å². The Balaban J connectivity index is 2.32. The molecule has 0 saturated carbocycles. The SMILES string of the molecule is O=[N+]([O-])C(=CNc1ccc(C(F)(F)F)cn1)S(=O)(=O)c1ccc(Cl)cc1. The number of sulfone groups is 1. The van der Waals surface area contributed by atoms with Crippen LogP contribution in [0.25, 0.3) is 0 Å². The molecule has 1 aromatic carbocycles. The molecule has 0 bridgehead atoms. The maximum atomic E-state index is 12.5. The molecule has 0 radical (unpaired) electrons. The predicted molar refractivity (Wildman–Crippen MR) is 86.6 cm³/mol. The summed E-state index contributed by atoms with van der Waals surface area (Å²) in [5.74, 6) is -0.205. The number of hydrogen-bond donors (Lipinski definition) is 1. The van der Waals surface area contributed by atoms with E-state index in [1.54, 1.807) is 0 Å². The summed E-state index contributed by atoms with van der Waals surface area (Å²) in [5, 5.41) is 12.4. The highest BCUT2D eigenvalue weighted by Crippen LogP contribution is 2.29. The summed E-state index contributed by atoms with van der Waals surface area (Å²) in [7, 11) is -4.49. The van der Waals surface area contributed by atoms with Crippen LogP contribution in [-0.4, -0.2) is 18.3 Å². The second-order valence-electron chi connectivity index (χ2n) is 4.77. The molecule has 7 nitrogen and oxygen atoms in total. The topological polar surface area (TPSA) is 102 Å². The standard InChI is InChI=1S/C14H9ClF3N3O4S/c15-10-2-4-11(5-3-10)26(24,25)13(21(22)23)8-20-12-6-1-9(7-19-12)14(16,17)18/h1-8H,(H,19,20). The maximum absolute atomic E-state index is 12.5. The van der Waals surface area contributed by atoms with Gasteiger partial charge >= 0.3 is 11.2 Å². The highest BCUT2D eigenvalue weighted by molar-refractivity contribution is 7.95. The summed E-state index contributed by atoms with van der Waals surface area (Å²) in [4.78, 5) is 13.0. The molecule has 0 aliphatic rings. The molecular weight excluding hydrogens is 399 g/mol. The lowest BCUT2D eigenvalue weighted by atomic mass is 10.3. The van der Waals surface area contributed by atoms with Crippen molar-refractivity contribution in [3.8, 4) is 0 Å². The molecule has 2 aromatic rings. The van der Waals surface area contributed by atoms with Crippen molar-refractivity contribution < 1.29 is 26.5 Å². The lowest BCUT2D eigenvalue weighted by Crippen LogP contribution is -2.14. The smallest absolute Gasteiger partial charge is 0.340 e. The number of nitrogens with zero attached hydrogens (tertiary/aromatic N) is 2. The molecule has 0 saturated heterocycles. The molecule has 0 aliphatic carbocycles. The Morgan fingerprint density at radius 3 is 2.27 bits per heavy atom. The van der Waals surface area contributed by atoms with Crippen molar-refractivity contribution >= 4 is 27.3 Å². The van der Waals surface area contributed by atoms with Crippen LogP contribution in [-0.2, 0) is 16.0 Å². The molecular formula is C14H9ClF3N3O4S. The first-order chi connectivity index (χ1) is 12.0. The molecule has 0 amide bonds. The van der Waals surface area contributed by atoms with Crippen LogP contribution in [0.2, 0.25) is 5.02 Å². The molecule has 1 heterocycles. The van der Waals surface area contributed by atoms with Crippen LogP contribution in [0.1, 0.15) is 5.56 Å². The van der Waals surface area contributed by atoms with Crippen LogP contribution in [0.3, 0.4) is 0 Å². The second-order valence-corrected chi connectivity index (χ2v) is 7.10. The average molecular weight is 408 g/mol. The number of alkyl halides is 3. The van der Waals surface area contributed by atoms with Gasteiger partial charge in [-0.3, -0.25) is 10.1 Å². The van der Waals surface area contributed by atoms with E-state index in [0.29, 0.717) is 18.5 Å². The lowest BCUT2D eigenvalue weighted by molar-refractivity contribution is -0.411. The van der Waals surface area contributed by atoms with Gasteiger partial charge in [-0.25, -0.2) is 13.4 Å². The number of nitrogens with one attached hydrogen (secondary N) is 1. The maximum Gasteiger partial charge on any atom is 0.417 e. The van der Waals surface area contributed by atoms with Gasteiger partial charge in [0.15, 0.2) is 0 Å². The van der Waals surface area contributed by atoms with Crippen molar-refractivity contribution in [3.05, 3.63) is 74.5 Å². The van der Waals surface area contributed by atoms with Crippen LogP contribution >= 0.6 is 11.6 Å². The van der Waals surface area contributed by atoms with Crippen LogP contribution in [0.15, 0.2) is 58.7 Å². The van der Waals surface area contributed by atoms with Gasteiger partial charge in [-0.1, -0.05) is 11.6 Å². The van der Waals surface area contributed by atoms with Gasteiger partial charge in [0.1, 0.15) is 5.82 Å². The van der Waals surface area contributed by atoms with Crippen molar-refractivity contribution in [1.82, 2.24) is 4.98 Å². The number of benzene rings is 1. The third kappa shape index (κ3) is 4.49. The van der Waals surface area contributed by atoms with Crippen molar-refractivity contribution in [2.24, 2.45) is 0 Å². The number of rotatable bonds is 5. The van der Waals surface area contributed by atoms with Crippen LogP contribution < -0.4 is 5.32 Å². The van der Waals surface area contributed by atoms with Crippen LogP contribution in [0.5, 0.6) is 0 Å². The molecule has 0 atom stereocenters. The zero-order valence-electron chi connectivity index (χ0n) is 12.6. The fraction of sp³-hybridized carbons (Fsp3) is 0.0714. The lowest BCUT2D eigenvalue weighted by Gasteiger charge is -2.07. The Bertz CT molecular complexity index is 943. The van der Waals surface area contributed by atoms with Gasteiger partial charge < -0.3 is 5.32 Å². The molecule has 1 N–H and O–H groups in total. The van der Waals surface area contributed by atoms with E-state index in [1.807, 2.05) is 0 Å². The van der Waals surface area contributed by atoms with Gasteiger partial charge in [0.25, 0.3) is 9.84 Å². The Kier molecular flexibility index (Phi) is 5.52. The minimum atomic E-state index is -4.59. The first kappa shape index (κ1) is 19.7. The Morgan fingerprint density at radius 2 is 1.81 bits per heavy atom. The van der Waals surface area contributed by atoms with Gasteiger partial charge in [0.2, 0.25) is 0 Å². The van der Waals surface area contributed by atoms with E-state index >= 15 is 0 Å². The largest absolute Gasteiger partial charge is 0.417 e. The molecule has 12 heteroatoms. The monoisotopic (exact) mass is 407 g/mol. The summed E-state index contributed by atoms with van der Waals surface area (Å²) in [6.45, 7) is 0. The normalized spacial score (nSPS) is 12.7. The van der Waals surface area contributed by atoms with Gasteiger partial charge in [0, 0.05) is 11.2 Å². The van der Waals surface area contributed by atoms with E-state index in [4.69, 9.17) is 11.6 Å². The molecule has 0 unspecified atom stereocenters. The third-order valence-electron chi connectivity index (χ3n) is 3.01. The molecule has 26 heavy (non-hydrogen) atoms. The summed E-state index contributed by atoms with van der Waals surface area (Å²) in [5.41, 5.74) is -1.02. The fourth-order valence-corrected chi connectivity index (χ4v) is 3.02. The number of pyridine rings is 1. The van der Waals surface area contributed by atoms with Gasteiger partial charge in [-0.05, 0) is 36.4 Å². The molecule has 0 spiro atoms. The van der Waals surface area contributed by atoms with Gasteiger partial charge in [0.05, 0.1) is 21.6 Å². The predicted octanol–water partition coefficient (Wildman–Crippen LogP) is 3.72. The Labute approximate surface area is 150 Å². The van der Waals surface area contributed by atoms with Crippen molar-refractivity contribution in [2.45, 2.75) is 11.1 Å². The minimum absolute atomic E-state index is 0.205. The average Bonchev–Trinajstić information content (AvgIpc) is 2.54. The second kappa shape index (κ2) is 7.30. The highest BCUT2D eigenvalue weighted by Gasteiger charge is 2.32. The van der Waals surface area contributed by atoms with E-state index in [9.17, 15) is 31.7 Å². The van der Waals surface area contributed by atoms with E-state index in [2.05, 4.69) is 10.3 Å². The minimum Gasteiger partial charge on any atom is -0.340 e. The number of aromatic nitrogens is 1. The summed E-state index contributed by atoms with van der Waals surface area (Å²) >= 11 is 5.65. The molecule has 1 aromatic heterocycles. The third-order valence-corrected chi connectivity index (χ3v) is 4.98. The van der Waals surface area contributed by atoms with E-state index in [0.717, 1.165) is 18.2 Å². The van der Waals surface area contributed by atoms with E-state index in [-0.39, 0.29) is 15.7 Å². The zero-order valence-corrected chi connectivity index (χ0v) is 14.1. The number of hydrogen-bond acceptors (Lipinski definition) is 6. The fourth-order valence-electron chi connectivity index (χ4n) is 1.75. The quantitative estimate of drug-likeness (QED) is 0.598. The Morgan fingerprint density at radius 1 is 1.19 bits per heavy atom. The molecule has 0 aliphatic heterocycles. The number of nitro groups is 1. The molecule has 0 fully saturated rings. The molecule has 2 rings (SSSR count). The molecule has 138 valence electrons. The van der Waals surface area contributed by atoms with Crippen molar-refractivity contribution in [1.29, 1.82) is 0 Å². The van der Waals surface area contributed by atoms with Gasteiger partial charge in [-0.2, -0.15) is 13.2 Å². The van der Waals surface area contributed by atoms with Crippen LogP contribution in [0, 0.1) is 10.1 Å². The number of halogens is 4. The first-order valence-electron chi connectivity index (χ1n) is 6.67.